The molecule has 0 radical (unpaired) electrons. The van der Waals surface area contributed by atoms with E-state index in [1.807, 2.05) is 26.2 Å². The van der Waals surface area contributed by atoms with E-state index in [1.54, 1.807) is 0 Å². The van der Waals surface area contributed by atoms with Gasteiger partial charge >= 0.3 is 0 Å². The van der Waals surface area contributed by atoms with Gasteiger partial charge in [0.25, 0.3) is 11.7 Å². The lowest BCUT2D eigenvalue weighted by molar-refractivity contribution is 0.102. The van der Waals surface area contributed by atoms with Gasteiger partial charge < -0.3 is 0 Å². The van der Waals surface area contributed by atoms with Crippen LogP contribution in [-0.2, 0) is 0 Å². The molecular weight excluding hydrogens is 388 g/mol. The first-order chi connectivity index (χ1) is 12.8. The summed E-state index contributed by atoms with van der Waals surface area (Å²) in [5, 5.41) is 4.96. The van der Waals surface area contributed by atoms with Crippen molar-refractivity contribution < 1.29 is 13.6 Å². The molecule has 0 saturated heterocycles. The van der Waals surface area contributed by atoms with E-state index in [0.29, 0.717) is 5.13 Å². The molecule has 27 heavy (non-hydrogen) atoms. The molecule has 0 fully saturated rings. The van der Waals surface area contributed by atoms with Crippen molar-refractivity contribution in [2.45, 2.75) is 31.6 Å². The van der Waals surface area contributed by atoms with E-state index < -0.39 is 11.7 Å². The van der Waals surface area contributed by atoms with E-state index in [1.165, 1.54) is 35.2 Å². The Bertz CT molecular complexity index is 966. The highest BCUT2D eigenvalue weighted by molar-refractivity contribution is 7.99. The van der Waals surface area contributed by atoms with Crippen LogP contribution >= 0.6 is 23.1 Å². The van der Waals surface area contributed by atoms with Crippen molar-refractivity contribution in [1.82, 2.24) is 9.97 Å². The zero-order valence-corrected chi connectivity index (χ0v) is 16.5. The van der Waals surface area contributed by atoms with E-state index in [2.05, 4.69) is 27.4 Å². The van der Waals surface area contributed by atoms with Crippen LogP contribution in [0.25, 0.3) is 11.3 Å². The van der Waals surface area contributed by atoms with Gasteiger partial charge in [-0.3, -0.25) is 10.1 Å². The summed E-state index contributed by atoms with van der Waals surface area (Å²) in [6, 6.07) is 7.18. The number of carbonyl (C=O) groups is 1. The number of nitrogens with one attached hydrogen (secondary N) is 1. The number of nitrogens with zero attached hydrogens (tertiary/aromatic N) is 2. The third kappa shape index (κ3) is 4.51. The van der Waals surface area contributed by atoms with Crippen molar-refractivity contribution in [3.8, 4) is 11.3 Å². The fraction of sp³-hybridized carbons (Fsp3) is 0.211. The second-order valence-corrected chi connectivity index (χ2v) is 7.84. The largest absolute Gasteiger partial charge is 0.298 e. The maximum Gasteiger partial charge on any atom is 0.290 e. The number of alkyl halides is 2. The van der Waals surface area contributed by atoms with E-state index in [4.69, 9.17) is 0 Å². The highest BCUT2D eigenvalue weighted by Crippen LogP contribution is 2.32. The molecule has 0 bridgehead atoms. The Morgan fingerprint density at radius 3 is 2.59 bits per heavy atom. The first kappa shape index (κ1) is 19.4. The number of thiazole rings is 1. The van der Waals surface area contributed by atoms with Gasteiger partial charge in [0.1, 0.15) is 5.03 Å². The molecule has 3 aromatic rings. The molecule has 0 aliphatic carbocycles. The fourth-order valence-electron chi connectivity index (χ4n) is 2.94. The number of hydrogen-bond acceptors (Lipinski definition) is 5. The Hall–Kier alpha value is -2.32. The molecule has 0 atom stereocenters. The number of rotatable bonds is 5. The molecule has 0 aliphatic rings. The van der Waals surface area contributed by atoms with E-state index in [9.17, 15) is 13.6 Å². The first-order valence-corrected chi connectivity index (χ1v) is 9.86. The van der Waals surface area contributed by atoms with Crippen molar-refractivity contribution >= 4 is 34.1 Å². The smallest absolute Gasteiger partial charge is 0.290 e. The van der Waals surface area contributed by atoms with Crippen molar-refractivity contribution in [2.24, 2.45) is 0 Å². The van der Waals surface area contributed by atoms with Crippen LogP contribution in [-0.4, -0.2) is 21.6 Å². The molecule has 2 heterocycles. The van der Waals surface area contributed by atoms with Crippen molar-refractivity contribution in [3.63, 3.8) is 0 Å². The van der Waals surface area contributed by atoms with Gasteiger partial charge in [-0.2, -0.15) is 8.78 Å². The summed E-state index contributed by atoms with van der Waals surface area (Å²) in [6.45, 7) is 6.09. The minimum Gasteiger partial charge on any atom is -0.298 e. The molecule has 2 aromatic heterocycles. The van der Waals surface area contributed by atoms with Gasteiger partial charge in [-0.15, -0.1) is 11.3 Å². The predicted octanol–water partition coefficient (Wildman–Crippen LogP) is 5.70. The van der Waals surface area contributed by atoms with Gasteiger partial charge in [0.15, 0.2) is 5.13 Å². The Kier molecular flexibility index (Phi) is 5.86. The lowest BCUT2D eigenvalue weighted by Gasteiger charge is -2.09. The predicted molar refractivity (Wildman–Crippen MR) is 106 cm³/mol. The number of aryl methyl sites for hydroxylation is 3. The van der Waals surface area contributed by atoms with Gasteiger partial charge in [0, 0.05) is 17.1 Å². The number of halogens is 2. The molecule has 8 heteroatoms. The Balaban J connectivity index is 1.84. The molecule has 0 saturated carbocycles. The molecule has 0 unspecified atom stereocenters. The summed E-state index contributed by atoms with van der Waals surface area (Å²) in [7, 11) is 0. The van der Waals surface area contributed by atoms with E-state index >= 15 is 0 Å². The number of pyridine rings is 1. The molecule has 3 rings (SSSR count). The topological polar surface area (TPSA) is 54.9 Å². The number of amides is 1. The molecule has 140 valence electrons. The third-order valence-electron chi connectivity index (χ3n) is 3.87. The standard InChI is InChI=1S/C19H17F2N3OS2/c1-10-7-11(2)15(12(3)8-10)14-9-26-19(23-14)24-16(25)13-5-4-6-22-17(13)27-18(20)21/h4-9,18H,1-3H3,(H,23,24,25). The number of carbonyl (C=O) groups excluding carboxylic acids is 1. The van der Waals surface area contributed by atoms with Crippen LogP contribution in [0.1, 0.15) is 27.0 Å². The van der Waals surface area contributed by atoms with Gasteiger partial charge in [-0.05, 0) is 55.8 Å². The molecular formula is C19H17F2N3OS2. The lowest BCUT2D eigenvalue weighted by atomic mass is 9.98. The quantitative estimate of drug-likeness (QED) is 0.554. The number of thioether (sulfide) groups is 1. The number of anilines is 1. The van der Waals surface area contributed by atoms with Crippen LogP contribution < -0.4 is 5.32 Å². The summed E-state index contributed by atoms with van der Waals surface area (Å²) in [5.74, 6) is -3.16. The van der Waals surface area contributed by atoms with E-state index in [0.717, 1.165) is 22.4 Å². The second kappa shape index (κ2) is 8.14. The van der Waals surface area contributed by atoms with Crippen LogP contribution in [0.4, 0.5) is 13.9 Å². The fourth-order valence-corrected chi connectivity index (χ4v) is 4.21. The van der Waals surface area contributed by atoms with Crippen LogP contribution in [0.5, 0.6) is 0 Å². The zero-order chi connectivity index (χ0) is 19.6. The van der Waals surface area contributed by atoms with Crippen LogP contribution in [0, 0.1) is 20.8 Å². The monoisotopic (exact) mass is 405 g/mol. The highest BCUT2D eigenvalue weighted by atomic mass is 32.2. The van der Waals surface area contributed by atoms with Crippen molar-refractivity contribution in [1.29, 1.82) is 0 Å². The highest BCUT2D eigenvalue weighted by Gasteiger charge is 2.18. The van der Waals surface area contributed by atoms with Crippen LogP contribution in [0.2, 0.25) is 0 Å². The zero-order valence-electron chi connectivity index (χ0n) is 14.9. The minimum absolute atomic E-state index is 0.00740. The number of aromatic nitrogens is 2. The average molecular weight is 405 g/mol. The van der Waals surface area contributed by atoms with Gasteiger partial charge in [0.05, 0.1) is 11.3 Å². The van der Waals surface area contributed by atoms with E-state index in [-0.39, 0.29) is 22.4 Å². The maximum atomic E-state index is 12.7. The Morgan fingerprint density at radius 1 is 1.22 bits per heavy atom. The summed E-state index contributed by atoms with van der Waals surface area (Å²) in [6.07, 6.45) is 1.38. The van der Waals surface area contributed by atoms with Crippen molar-refractivity contribution in [3.05, 3.63) is 58.1 Å². The SMILES string of the molecule is Cc1cc(C)c(-c2csc(NC(=O)c3cccnc3SC(F)F)n2)c(C)c1. The summed E-state index contributed by atoms with van der Waals surface area (Å²) in [5.41, 5.74) is 5.31. The second-order valence-electron chi connectivity index (χ2n) is 6.00. The first-order valence-electron chi connectivity index (χ1n) is 8.10. The summed E-state index contributed by atoms with van der Waals surface area (Å²) in [4.78, 5) is 20.9. The van der Waals surface area contributed by atoms with Crippen molar-refractivity contribution in [2.75, 3.05) is 5.32 Å². The normalized spacial score (nSPS) is 11.0. The molecule has 1 aromatic carbocycles. The van der Waals surface area contributed by atoms with Gasteiger partial charge in [-0.25, -0.2) is 9.97 Å². The molecule has 0 aliphatic heterocycles. The van der Waals surface area contributed by atoms with Crippen LogP contribution in [0.15, 0.2) is 40.9 Å². The number of hydrogen-bond donors (Lipinski definition) is 1. The maximum absolute atomic E-state index is 12.7. The summed E-state index contributed by atoms with van der Waals surface area (Å²) >= 11 is 1.54. The molecule has 1 amide bonds. The third-order valence-corrected chi connectivity index (χ3v) is 5.36. The summed E-state index contributed by atoms with van der Waals surface area (Å²) < 4.78 is 25.3. The number of benzene rings is 1. The molecule has 0 spiro atoms. The minimum atomic E-state index is -2.65. The van der Waals surface area contributed by atoms with Gasteiger partial charge in [0.2, 0.25) is 0 Å². The van der Waals surface area contributed by atoms with Gasteiger partial charge in [-0.1, -0.05) is 17.7 Å². The van der Waals surface area contributed by atoms with Crippen LogP contribution in [0.3, 0.4) is 0 Å². The average Bonchev–Trinajstić information content (AvgIpc) is 3.01. The lowest BCUT2D eigenvalue weighted by Crippen LogP contribution is -2.13. The molecule has 1 N–H and O–H groups in total. The molecule has 4 nitrogen and oxygen atoms in total. The Labute approximate surface area is 164 Å². The Morgan fingerprint density at radius 2 is 1.93 bits per heavy atom.